The van der Waals surface area contributed by atoms with Crippen LogP contribution < -0.4 is 5.73 Å². The van der Waals surface area contributed by atoms with Crippen molar-refractivity contribution in [2.75, 3.05) is 12.8 Å². The van der Waals surface area contributed by atoms with Crippen molar-refractivity contribution in [2.45, 2.75) is 53.1 Å². The minimum Gasteiger partial charge on any atom is -0.396 e. The summed E-state index contributed by atoms with van der Waals surface area (Å²) in [6.45, 7) is 8.19. The van der Waals surface area contributed by atoms with Crippen molar-refractivity contribution >= 4 is 11.6 Å². The second kappa shape index (κ2) is 5.89. The fraction of sp³-hybridized carbons (Fsp3) is 0.692. The number of carbonyl (C=O) groups is 1. The molecule has 0 saturated heterocycles. The lowest BCUT2D eigenvalue weighted by Crippen LogP contribution is -2.37. The van der Waals surface area contributed by atoms with E-state index in [-0.39, 0.29) is 18.5 Å². The summed E-state index contributed by atoms with van der Waals surface area (Å²) in [6, 6.07) is 0.261. The van der Waals surface area contributed by atoms with Crippen molar-refractivity contribution in [1.29, 1.82) is 0 Å². The molecule has 0 aliphatic rings. The predicted octanol–water partition coefficient (Wildman–Crippen LogP) is 1.73. The minimum absolute atomic E-state index is 0.0709. The van der Waals surface area contributed by atoms with Crippen molar-refractivity contribution < 1.29 is 4.79 Å². The third kappa shape index (κ3) is 3.03. The normalized spacial score (nSPS) is 12.5. The van der Waals surface area contributed by atoms with Gasteiger partial charge in [-0.2, -0.15) is 5.10 Å². The lowest BCUT2D eigenvalue weighted by Gasteiger charge is -2.24. The molecule has 1 rings (SSSR count). The molecule has 1 unspecified atom stereocenters. The first-order valence-corrected chi connectivity index (χ1v) is 6.43. The van der Waals surface area contributed by atoms with Crippen LogP contribution in [0.4, 0.5) is 5.69 Å². The zero-order chi connectivity index (χ0) is 13.9. The molecule has 1 amide bonds. The molecule has 0 fully saturated rings. The quantitative estimate of drug-likeness (QED) is 0.868. The van der Waals surface area contributed by atoms with Crippen molar-refractivity contribution in [3.05, 3.63) is 11.4 Å². The monoisotopic (exact) mass is 252 g/mol. The van der Waals surface area contributed by atoms with E-state index >= 15 is 0 Å². The van der Waals surface area contributed by atoms with Crippen LogP contribution in [0.2, 0.25) is 0 Å². The van der Waals surface area contributed by atoms with Gasteiger partial charge in [0.2, 0.25) is 5.91 Å². The van der Waals surface area contributed by atoms with E-state index in [0.717, 1.165) is 24.2 Å². The van der Waals surface area contributed by atoms with Crippen LogP contribution >= 0.6 is 0 Å². The lowest BCUT2D eigenvalue weighted by molar-refractivity contribution is -0.132. The molecule has 0 aliphatic carbocycles. The Morgan fingerprint density at radius 1 is 1.50 bits per heavy atom. The molecule has 1 atom stereocenters. The Kier molecular flexibility index (Phi) is 4.76. The second-order valence-electron chi connectivity index (χ2n) is 4.88. The summed E-state index contributed by atoms with van der Waals surface area (Å²) >= 11 is 0. The average Bonchev–Trinajstić information content (AvgIpc) is 2.56. The smallest absolute Gasteiger partial charge is 0.244 e. The third-order valence-electron chi connectivity index (χ3n) is 3.48. The molecule has 0 radical (unpaired) electrons. The van der Waals surface area contributed by atoms with E-state index in [9.17, 15) is 4.79 Å². The first-order chi connectivity index (χ1) is 8.38. The van der Waals surface area contributed by atoms with Gasteiger partial charge in [-0.1, -0.05) is 13.3 Å². The molecule has 0 spiro atoms. The minimum atomic E-state index is 0.0709. The van der Waals surface area contributed by atoms with Gasteiger partial charge in [-0.25, -0.2) is 0 Å². The Morgan fingerprint density at radius 3 is 2.56 bits per heavy atom. The summed E-state index contributed by atoms with van der Waals surface area (Å²) in [5, 5.41) is 4.28. The fourth-order valence-corrected chi connectivity index (χ4v) is 1.96. The summed E-state index contributed by atoms with van der Waals surface area (Å²) in [7, 11) is 1.84. The molecule has 5 heteroatoms. The van der Waals surface area contributed by atoms with E-state index in [1.807, 2.05) is 20.9 Å². The number of nitrogen functional groups attached to an aromatic ring is 1. The molecule has 1 aromatic heterocycles. The van der Waals surface area contributed by atoms with Crippen LogP contribution in [-0.4, -0.2) is 33.7 Å². The molecule has 0 aromatic carbocycles. The number of likely N-dealkylation sites (N-methyl/N-ethyl adjacent to an activating group) is 1. The molecule has 5 nitrogen and oxygen atoms in total. The van der Waals surface area contributed by atoms with E-state index in [1.54, 1.807) is 9.58 Å². The van der Waals surface area contributed by atoms with Crippen LogP contribution in [0.5, 0.6) is 0 Å². The Hall–Kier alpha value is -1.52. The zero-order valence-corrected chi connectivity index (χ0v) is 12.0. The molecular weight excluding hydrogens is 228 g/mol. The lowest BCUT2D eigenvalue weighted by atomic mass is 10.2. The Labute approximate surface area is 109 Å². The molecular formula is C13H24N4O. The summed E-state index contributed by atoms with van der Waals surface area (Å²) in [5.41, 5.74) is 8.17. The van der Waals surface area contributed by atoms with Gasteiger partial charge >= 0.3 is 0 Å². The molecule has 1 heterocycles. The van der Waals surface area contributed by atoms with Crippen molar-refractivity contribution in [2.24, 2.45) is 0 Å². The zero-order valence-electron chi connectivity index (χ0n) is 12.0. The maximum absolute atomic E-state index is 12.1. The number of rotatable bonds is 5. The van der Waals surface area contributed by atoms with Crippen LogP contribution in [0.15, 0.2) is 0 Å². The first-order valence-electron chi connectivity index (χ1n) is 6.43. The summed E-state index contributed by atoms with van der Waals surface area (Å²) in [6.07, 6.45) is 2.09. The average molecular weight is 252 g/mol. The van der Waals surface area contributed by atoms with E-state index in [4.69, 9.17) is 5.73 Å². The number of nitrogens with zero attached hydrogens (tertiary/aromatic N) is 3. The summed E-state index contributed by atoms with van der Waals surface area (Å²) in [5.74, 6) is 0.0709. The number of hydrogen-bond donors (Lipinski definition) is 1. The van der Waals surface area contributed by atoms with Crippen molar-refractivity contribution in [3.63, 3.8) is 0 Å². The standard InChI is InChI=1S/C13H24N4O/c1-6-7-9(2)16(5)12(18)8-17-11(4)13(14)10(3)15-17/h9H,6-8,14H2,1-5H3. The Bertz CT molecular complexity index is 425. The van der Waals surface area contributed by atoms with Gasteiger partial charge in [-0.05, 0) is 27.2 Å². The maximum atomic E-state index is 12.1. The number of aromatic nitrogens is 2. The van der Waals surface area contributed by atoms with Gasteiger partial charge in [0, 0.05) is 13.1 Å². The topological polar surface area (TPSA) is 64.2 Å². The van der Waals surface area contributed by atoms with Crippen LogP contribution in [0, 0.1) is 13.8 Å². The molecule has 0 bridgehead atoms. The summed E-state index contributed by atoms with van der Waals surface area (Å²) < 4.78 is 1.68. The molecule has 2 N–H and O–H groups in total. The van der Waals surface area contributed by atoms with Gasteiger partial charge in [0.05, 0.1) is 17.1 Å². The highest BCUT2D eigenvalue weighted by Crippen LogP contribution is 2.15. The second-order valence-corrected chi connectivity index (χ2v) is 4.88. The molecule has 102 valence electrons. The van der Waals surface area contributed by atoms with E-state index in [0.29, 0.717) is 5.69 Å². The van der Waals surface area contributed by atoms with E-state index in [1.165, 1.54) is 0 Å². The van der Waals surface area contributed by atoms with E-state index < -0.39 is 0 Å². The van der Waals surface area contributed by atoms with Gasteiger partial charge in [-0.15, -0.1) is 0 Å². The maximum Gasteiger partial charge on any atom is 0.244 e. The third-order valence-corrected chi connectivity index (χ3v) is 3.48. The first kappa shape index (κ1) is 14.5. The molecule has 18 heavy (non-hydrogen) atoms. The van der Waals surface area contributed by atoms with Gasteiger partial charge in [0.1, 0.15) is 6.54 Å². The van der Waals surface area contributed by atoms with Crippen LogP contribution in [0.1, 0.15) is 38.1 Å². The Morgan fingerprint density at radius 2 is 2.11 bits per heavy atom. The van der Waals surface area contributed by atoms with Crippen molar-refractivity contribution in [1.82, 2.24) is 14.7 Å². The van der Waals surface area contributed by atoms with Gasteiger partial charge < -0.3 is 10.6 Å². The highest BCUT2D eigenvalue weighted by atomic mass is 16.2. The highest BCUT2D eigenvalue weighted by molar-refractivity contribution is 5.76. The van der Waals surface area contributed by atoms with Crippen LogP contribution in [-0.2, 0) is 11.3 Å². The van der Waals surface area contributed by atoms with Gasteiger partial charge in [0.15, 0.2) is 0 Å². The number of anilines is 1. The number of amides is 1. The summed E-state index contributed by atoms with van der Waals surface area (Å²) in [4.78, 5) is 13.9. The van der Waals surface area contributed by atoms with Crippen molar-refractivity contribution in [3.8, 4) is 0 Å². The Balaban J connectivity index is 2.72. The number of nitrogens with two attached hydrogens (primary N) is 1. The number of hydrogen-bond acceptors (Lipinski definition) is 3. The van der Waals surface area contributed by atoms with Gasteiger partial charge in [-0.3, -0.25) is 9.48 Å². The number of aryl methyl sites for hydroxylation is 1. The molecule has 0 saturated carbocycles. The largest absolute Gasteiger partial charge is 0.396 e. The fourth-order valence-electron chi connectivity index (χ4n) is 1.96. The predicted molar refractivity (Wildman–Crippen MR) is 73.3 cm³/mol. The molecule has 0 aliphatic heterocycles. The van der Waals surface area contributed by atoms with Gasteiger partial charge in [0.25, 0.3) is 0 Å². The number of carbonyl (C=O) groups excluding carboxylic acids is 1. The molecule has 1 aromatic rings. The van der Waals surface area contributed by atoms with Crippen LogP contribution in [0.3, 0.4) is 0 Å². The SMILES string of the molecule is CCCC(C)N(C)C(=O)Cn1nc(C)c(N)c1C. The van der Waals surface area contributed by atoms with Crippen LogP contribution in [0.25, 0.3) is 0 Å². The van der Waals surface area contributed by atoms with E-state index in [2.05, 4.69) is 18.9 Å². The highest BCUT2D eigenvalue weighted by Gasteiger charge is 2.17.